The molecule has 0 atom stereocenters. The Kier molecular flexibility index (Phi) is 3.63. The monoisotopic (exact) mass is 195 g/mol. The molecule has 1 aromatic carbocycles. The van der Waals surface area contributed by atoms with Crippen LogP contribution >= 0.6 is 0 Å². The fraction of sp³-hybridized carbons (Fsp3) is 0.364. The zero-order valence-electron chi connectivity index (χ0n) is 8.46. The van der Waals surface area contributed by atoms with Crippen LogP contribution in [0, 0.1) is 5.82 Å². The first-order valence-corrected chi connectivity index (χ1v) is 4.56. The molecule has 0 N–H and O–H groups in total. The van der Waals surface area contributed by atoms with Gasteiger partial charge in [0, 0.05) is 20.5 Å². The largest absolute Gasteiger partial charge is 0.346 e. The SMILES string of the molecule is CC(=O)N(C)CCc1cccc(F)c1. The predicted molar refractivity (Wildman–Crippen MR) is 53.4 cm³/mol. The first-order valence-electron chi connectivity index (χ1n) is 4.56. The van der Waals surface area contributed by atoms with Gasteiger partial charge in [0.2, 0.25) is 5.91 Å². The summed E-state index contributed by atoms with van der Waals surface area (Å²) in [6, 6.07) is 6.45. The van der Waals surface area contributed by atoms with Gasteiger partial charge in [-0.1, -0.05) is 12.1 Å². The van der Waals surface area contributed by atoms with E-state index < -0.39 is 0 Å². The van der Waals surface area contributed by atoms with Crippen molar-refractivity contribution in [2.24, 2.45) is 0 Å². The molecule has 0 spiro atoms. The van der Waals surface area contributed by atoms with Gasteiger partial charge in [-0.15, -0.1) is 0 Å². The van der Waals surface area contributed by atoms with Gasteiger partial charge in [-0.25, -0.2) is 4.39 Å². The first kappa shape index (κ1) is 10.7. The number of hydrogen-bond donors (Lipinski definition) is 0. The molecule has 0 aromatic heterocycles. The van der Waals surface area contributed by atoms with Gasteiger partial charge >= 0.3 is 0 Å². The standard InChI is InChI=1S/C11H14FNO/c1-9(14)13(2)7-6-10-4-3-5-11(12)8-10/h3-5,8H,6-7H2,1-2H3. The summed E-state index contributed by atoms with van der Waals surface area (Å²) < 4.78 is 12.8. The second-order valence-electron chi connectivity index (χ2n) is 3.32. The Morgan fingerprint density at radius 2 is 2.21 bits per heavy atom. The molecule has 0 bridgehead atoms. The van der Waals surface area contributed by atoms with Gasteiger partial charge in [0.1, 0.15) is 5.82 Å². The van der Waals surface area contributed by atoms with Crippen molar-refractivity contribution in [3.05, 3.63) is 35.6 Å². The molecule has 0 heterocycles. The lowest BCUT2D eigenvalue weighted by Crippen LogP contribution is -2.26. The van der Waals surface area contributed by atoms with E-state index in [9.17, 15) is 9.18 Å². The minimum atomic E-state index is -0.229. The summed E-state index contributed by atoms with van der Waals surface area (Å²) in [5.74, 6) is -0.200. The van der Waals surface area contributed by atoms with Crippen molar-refractivity contribution >= 4 is 5.91 Å². The number of carbonyl (C=O) groups is 1. The van der Waals surface area contributed by atoms with Gasteiger partial charge < -0.3 is 4.90 Å². The van der Waals surface area contributed by atoms with E-state index in [4.69, 9.17) is 0 Å². The fourth-order valence-electron chi connectivity index (χ4n) is 1.15. The summed E-state index contributed by atoms with van der Waals surface area (Å²) in [6.07, 6.45) is 0.688. The van der Waals surface area contributed by atoms with Crippen LogP contribution in [0.4, 0.5) is 4.39 Å². The highest BCUT2D eigenvalue weighted by molar-refractivity contribution is 5.72. The Labute approximate surface area is 83.3 Å². The lowest BCUT2D eigenvalue weighted by Gasteiger charge is -2.14. The molecule has 14 heavy (non-hydrogen) atoms. The van der Waals surface area contributed by atoms with Crippen molar-refractivity contribution in [2.45, 2.75) is 13.3 Å². The van der Waals surface area contributed by atoms with Gasteiger partial charge in [-0.2, -0.15) is 0 Å². The normalized spacial score (nSPS) is 9.93. The predicted octanol–water partition coefficient (Wildman–Crippen LogP) is 1.85. The minimum absolute atomic E-state index is 0.0291. The van der Waals surface area contributed by atoms with Gasteiger partial charge in [0.05, 0.1) is 0 Å². The van der Waals surface area contributed by atoms with Crippen LogP contribution in [0.15, 0.2) is 24.3 Å². The lowest BCUT2D eigenvalue weighted by atomic mass is 10.1. The number of amides is 1. The average molecular weight is 195 g/mol. The van der Waals surface area contributed by atoms with Crippen molar-refractivity contribution in [3.63, 3.8) is 0 Å². The number of nitrogens with zero attached hydrogens (tertiary/aromatic N) is 1. The number of likely N-dealkylation sites (N-methyl/N-ethyl adjacent to an activating group) is 1. The summed E-state index contributed by atoms with van der Waals surface area (Å²) in [5.41, 5.74) is 0.915. The molecule has 0 fully saturated rings. The maximum atomic E-state index is 12.8. The maximum Gasteiger partial charge on any atom is 0.219 e. The summed E-state index contributed by atoms with van der Waals surface area (Å²) in [6.45, 7) is 2.14. The average Bonchev–Trinajstić information content (AvgIpc) is 2.14. The van der Waals surface area contributed by atoms with E-state index in [1.807, 2.05) is 6.07 Å². The van der Waals surface area contributed by atoms with E-state index in [2.05, 4.69) is 0 Å². The molecule has 1 amide bonds. The van der Waals surface area contributed by atoms with Crippen molar-refractivity contribution in [1.82, 2.24) is 4.90 Å². The Morgan fingerprint density at radius 1 is 1.50 bits per heavy atom. The van der Waals surface area contributed by atoms with Crippen LogP contribution in [-0.2, 0) is 11.2 Å². The van der Waals surface area contributed by atoms with E-state index in [1.165, 1.54) is 19.1 Å². The smallest absolute Gasteiger partial charge is 0.219 e. The molecule has 1 aromatic rings. The molecule has 0 aliphatic carbocycles. The molecule has 2 nitrogen and oxygen atoms in total. The van der Waals surface area contributed by atoms with Crippen LogP contribution in [0.25, 0.3) is 0 Å². The third-order valence-corrected chi connectivity index (χ3v) is 2.16. The Balaban J connectivity index is 2.49. The van der Waals surface area contributed by atoms with Crippen molar-refractivity contribution in [3.8, 4) is 0 Å². The number of hydrogen-bond acceptors (Lipinski definition) is 1. The highest BCUT2D eigenvalue weighted by atomic mass is 19.1. The number of rotatable bonds is 3. The summed E-state index contributed by atoms with van der Waals surface area (Å²) >= 11 is 0. The summed E-state index contributed by atoms with van der Waals surface area (Å²) in [7, 11) is 1.74. The second-order valence-corrected chi connectivity index (χ2v) is 3.32. The molecule has 0 aliphatic rings. The quantitative estimate of drug-likeness (QED) is 0.720. The molecule has 76 valence electrons. The van der Waals surface area contributed by atoms with E-state index >= 15 is 0 Å². The van der Waals surface area contributed by atoms with Crippen LogP contribution in [-0.4, -0.2) is 24.4 Å². The Morgan fingerprint density at radius 3 is 2.79 bits per heavy atom. The van der Waals surface area contributed by atoms with Crippen molar-refractivity contribution in [2.75, 3.05) is 13.6 Å². The topological polar surface area (TPSA) is 20.3 Å². The fourth-order valence-corrected chi connectivity index (χ4v) is 1.15. The molecule has 0 radical (unpaired) electrons. The molecular weight excluding hydrogens is 181 g/mol. The summed E-state index contributed by atoms with van der Waals surface area (Å²) in [4.78, 5) is 12.5. The maximum absolute atomic E-state index is 12.8. The third-order valence-electron chi connectivity index (χ3n) is 2.16. The molecule has 0 unspecified atom stereocenters. The van der Waals surface area contributed by atoms with E-state index in [-0.39, 0.29) is 11.7 Å². The van der Waals surface area contributed by atoms with Gasteiger partial charge in [-0.3, -0.25) is 4.79 Å². The van der Waals surface area contributed by atoms with E-state index in [0.717, 1.165) is 5.56 Å². The van der Waals surface area contributed by atoms with E-state index in [1.54, 1.807) is 18.0 Å². The highest BCUT2D eigenvalue weighted by Crippen LogP contribution is 2.04. The molecular formula is C11H14FNO. The van der Waals surface area contributed by atoms with Gasteiger partial charge in [0.25, 0.3) is 0 Å². The molecule has 0 saturated heterocycles. The third kappa shape index (κ3) is 3.17. The first-order chi connectivity index (χ1) is 6.59. The van der Waals surface area contributed by atoms with Crippen molar-refractivity contribution in [1.29, 1.82) is 0 Å². The van der Waals surface area contributed by atoms with Gasteiger partial charge in [-0.05, 0) is 24.1 Å². The number of benzene rings is 1. The van der Waals surface area contributed by atoms with Crippen molar-refractivity contribution < 1.29 is 9.18 Å². The minimum Gasteiger partial charge on any atom is -0.346 e. The zero-order valence-corrected chi connectivity index (χ0v) is 8.46. The number of carbonyl (C=O) groups excluding carboxylic acids is 1. The van der Waals surface area contributed by atoms with Crippen LogP contribution in [0.5, 0.6) is 0 Å². The van der Waals surface area contributed by atoms with Crippen LogP contribution in [0.1, 0.15) is 12.5 Å². The zero-order chi connectivity index (χ0) is 10.6. The lowest BCUT2D eigenvalue weighted by molar-refractivity contribution is -0.127. The Hall–Kier alpha value is -1.38. The van der Waals surface area contributed by atoms with Crippen LogP contribution in [0.3, 0.4) is 0 Å². The highest BCUT2D eigenvalue weighted by Gasteiger charge is 2.02. The van der Waals surface area contributed by atoms with Gasteiger partial charge in [0.15, 0.2) is 0 Å². The molecule has 0 aliphatic heterocycles. The molecule has 1 rings (SSSR count). The van der Waals surface area contributed by atoms with Crippen LogP contribution < -0.4 is 0 Å². The second kappa shape index (κ2) is 4.74. The van der Waals surface area contributed by atoms with E-state index in [0.29, 0.717) is 13.0 Å². The van der Waals surface area contributed by atoms with Crippen LogP contribution in [0.2, 0.25) is 0 Å². The molecule has 0 saturated carbocycles. The Bertz CT molecular complexity index is 325. The molecule has 3 heteroatoms. The summed E-state index contributed by atoms with van der Waals surface area (Å²) in [5, 5.41) is 0. The number of halogens is 1.